The molecule has 0 radical (unpaired) electrons. The first-order valence-corrected chi connectivity index (χ1v) is 15.7. The Hall–Kier alpha value is -0.683. The van der Waals surface area contributed by atoms with Gasteiger partial charge in [0.05, 0.1) is 11.7 Å². The van der Waals surface area contributed by atoms with Crippen LogP contribution in [0.2, 0.25) is 18.1 Å². The molecule has 3 aliphatic rings. The van der Waals surface area contributed by atoms with Crippen LogP contribution < -0.4 is 0 Å². The molecule has 6 atom stereocenters. The minimum Gasteiger partial charge on any atom is -0.412 e. The Morgan fingerprint density at radius 1 is 1.12 bits per heavy atom. The topological polar surface area (TPSA) is 32.7 Å². The molecule has 1 heterocycles. The molecule has 3 fully saturated rings. The van der Waals surface area contributed by atoms with Crippen LogP contribution in [-0.2, 0) is 10.8 Å². The molecule has 1 aromatic carbocycles. The van der Waals surface area contributed by atoms with Gasteiger partial charge in [0.15, 0.2) is 8.32 Å². The summed E-state index contributed by atoms with van der Waals surface area (Å²) < 4.78 is 7.10. The van der Waals surface area contributed by atoms with E-state index in [0.717, 1.165) is 25.7 Å². The molecule has 32 heavy (non-hydrogen) atoms. The van der Waals surface area contributed by atoms with Crippen LogP contribution in [0.15, 0.2) is 30.3 Å². The Morgan fingerprint density at radius 2 is 1.75 bits per heavy atom. The Balaban J connectivity index is 1.67. The molecule has 2 bridgehead atoms. The Bertz CT molecular complexity index is 832. The van der Waals surface area contributed by atoms with Crippen molar-refractivity contribution >= 4 is 8.32 Å². The van der Waals surface area contributed by atoms with E-state index in [-0.39, 0.29) is 28.0 Å². The molecule has 4 rings (SSSR count). The van der Waals surface area contributed by atoms with Crippen molar-refractivity contribution in [2.45, 2.75) is 116 Å². The van der Waals surface area contributed by atoms with E-state index in [9.17, 15) is 5.11 Å². The van der Waals surface area contributed by atoms with E-state index in [1.165, 1.54) is 12.0 Å². The molecule has 0 aromatic heterocycles. The van der Waals surface area contributed by atoms with Crippen molar-refractivity contribution < 1.29 is 9.53 Å². The SMILES string of the molecule is CN1[C@H]([C@@]2(O)C[C@H]3CC[C@]2(C)C3(C)C)C[C@@H](O[Si](C)(C)C(C)(C)C)[C@@H]1Cc1ccccc1. The van der Waals surface area contributed by atoms with Crippen LogP contribution in [-0.4, -0.2) is 49.2 Å². The van der Waals surface area contributed by atoms with Crippen LogP contribution in [0.3, 0.4) is 0 Å². The van der Waals surface area contributed by atoms with E-state index in [0.29, 0.717) is 12.0 Å². The smallest absolute Gasteiger partial charge is 0.192 e. The molecule has 1 N–H and O–H groups in total. The summed E-state index contributed by atoms with van der Waals surface area (Å²) in [5.41, 5.74) is 0.873. The monoisotopic (exact) mass is 457 g/mol. The quantitative estimate of drug-likeness (QED) is 0.529. The van der Waals surface area contributed by atoms with Crippen molar-refractivity contribution in [3.63, 3.8) is 0 Å². The van der Waals surface area contributed by atoms with Crippen LogP contribution in [0.25, 0.3) is 0 Å². The lowest BCUT2D eigenvalue weighted by Crippen LogP contribution is -2.59. The second-order valence-electron chi connectivity index (χ2n) is 13.5. The third kappa shape index (κ3) is 3.47. The summed E-state index contributed by atoms with van der Waals surface area (Å²) in [5, 5.41) is 12.6. The van der Waals surface area contributed by atoms with Gasteiger partial charge in [0.1, 0.15) is 0 Å². The second-order valence-corrected chi connectivity index (χ2v) is 18.3. The average molecular weight is 458 g/mol. The van der Waals surface area contributed by atoms with E-state index in [2.05, 4.69) is 96.9 Å². The van der Waals surface area contributed by atoms with Gasteiger partial charge in [-0.15, -0.1) is 0 Å². The number of likely N-dealkylation sites (tertiary alicyclic amines) is 1. The van der Waals surface area contributed by atoms with Gasteiger partial charge in [0.2, 0.25) is 0 Å². The molecule has 1 aromatic rings. The number of nitrogens with zero attached hydrogens (tertiary/aromatic N) is 1. The summed E-state index contributed by atoms with van der Waals surface area (Å²) in [4.78, 5) is 2.52. The molecule has 0 spiro atoms. The van der Waals surface area contributed by atoms with Crippen LogP contribution in [0.1, 0.15) is 72.8 Å². The van der Waals surface area contributed by atoms with Gasteiger partial charge in [-0.2, -0.15) is 0 Å². The highest BCUT2D eigenvalue weighted by molar-refractivity contribution is 6.74. The first-order chi connectivity index (χ1) is 14.6. The zero-order valence-corrected chi connectivity index (χ0v) is 23.0. The van der Waals surface area contributed by atoms with E-state index >= 15 is 0 Å². The minimum absolute atomic E-state index is 0.0350. The van der Waals surface area contributed by atoms with Crippen molar-refractivity contribution in [3.8, 4) is 0 Å². The van der Waals surface area contributed by atoms with Gasteiger partial charge < -0.3 is 9.53 Å². The van der Waals surface area contributed by atoms with Crippen molar-refractivity contribution in [2.75, 3.05) is 7.05 Å². The lowest BCUT2D eigenvalue weighted by molar-refractivity contribution is -0.133. The number of benzene rings is 1. The van der Waals surface area contributed by atoms with E-state index in [1.807, 2.05) is 0 Å². The number of rotatable bonds is 5. The van der Waals surface area contributed by atoms with Gasteiger partial charge in [-0.05, 0) is 74.2 Å². The predicted octanol–water partition coefficient (Wildman–Crippen LogP) is 6.27. The van der Waals surface area contributed by atoms with Crippen LogP contribution in [0.4, 0.5) is 0 Å². The van der Waals surface area contributed by atoms with Gasteiger partial charge in [-0.3, -0.25) is 4.90 Å². The fraction of sp³-hybridized carbons (Fsp3) is 0.786. The third-order valence-corrected chi connectivity index (χ3v) is 15.4. The van der Waals surface area contributed by atoms with Crippen molar-refractivity contribution in [1.82, 2.24) is 4.90 Å². The lowest BCUT2D eigenvalue weighted by Gasteiger charge is -2.50. The van der Waals surface area contributed by atoms with Crippen LogP contribution in [0.5, 0.6) is 0 Å². The van der Waals surface area contributed by atoms with Crippen molar-refractivity contribution in [3.05, 3.63) is 35.9 Å². The van der Waals surface area contributed by atoms with Gasteiger partial charge in [0.25, 0.3) is 0 Å². The van der Waals surface area contributed by atoms with Crippen molar-refractivity contribution in [1.29, 1.82) is 0 Å². The maximum Gasteiger partial charge on any atom is 0.192 e. The summed E-state index contributed by atoms with van der Waals surface area (Å²) in [6.07, 6.45) is 5.43. The van der Waals surface area contributed by atoms with Crippen LogP contribution >= 0.6 is 0 Å². The van der Waals surface area contributed by atoms with Crippen LogP contribution in [0, 0.1) is 16.7 Å². The third-order valence-electron chi connectivity index (χ3n) is 10.9. The van der Waals surface area contributed by atoms with Gasteiger partial charge >= 0.3 is 0 Å². The normalized spacial score (nSPS) is 39.7. The summed E-state index contributed by atoms with van der Waals surface area (Å²) in [7, 11) is 0.334. The number of aliphatic hydroxyl groups is 1. The maximum atomic E-state index is 12.4. The lowest BCUT2D eigenvalue weighted by atomic mass is 9.61. The van der Waals surface area contributed by atoms with Crippen molar-refractivity contribution in [2.24, 2.45) is 16.7 Å². The van der Waals surface area contributed by atoms with E-state index in [1.54, 1.807) is 0 Å². The summed E-state index contributed by atoms with van der Waals surface area (Å²) >= 11 is 0. The highest BCUT2D eigenvalue weighted by Crippen LogP contribution is 2.71. The molecule has 1 aliphatic heterocycles. The second kappa shape index (κ2) is 7.66. The molecular weight excluding hydrogens is 410 g/mol. The zero-order valence-electron chi connectivity index (χ0n) is 22.0. The van der Waals surface area contributed by atoms with E-state index in [4.69, 9.17) is 4.43 Å². The Labute approximate surface area is 198 Å². The molecule has 2 saturated carbocycles. The summed E-state index contributed by atoms with van der Waals surface area (Å²) in [5.74, 6) is 0.624. The first-order valence-electron chi connectivity index (χ1n) is 12.8. The summed E-state index contributed by atoms with van der Waals surface area (Å²) in [6.45, 7) is 18.9. The standard InChI is InChI=1S/C28H47NO2Si/c1-25(2,3)32(8,9)31-23-18-24(29(7)22(23)17-20-13-11-10-12-14-20)28(30)19-21-15-16-27(28,6)26(21,4)5/h10-14,21-24,30H,15-19H2,1-9H3/t21-,22+,23-,24+,27-,28+/m1/s1. The number of fused-ring (bicyclic) bond motifs is 2. The van der Waals surface area contributed by atoms with Gasteiger partial charge in [0, 0.05) is 17.5 Å². The molecule has 1 saturated heterocycles. The number of hydrogen-bond donors (Lipinski definition) is 1. The highest BCUT2D eigenvalue weighted by Gasteiger charge is 2.72. The molecule has 4 heteroatoms. The summed E-state index contributed by atoms with van der Waals surface area (Å²) in [6, 6.07) is 11.3. The molecular formula is C28H47NO2Si. The number of likely N-dealkylation sites (N-methyl/N-ethyl adjacent to an activating group) is 1. The molecule has 3 nitrogen and oxygen atoms in total. The Kier molecular flexibility index (Phi) is 5.85. The fourth-order valence-corrected chi connectivity index (χ4v) is 8.58. The molecule has 0 amide bonds. The van der Waals surface area contributed by atoms with Gasteiger partial charge in [-0.1, -0.05) is 71.9 Å². The molecule has 2 aliphatic carbocycles. The van der Waals surface area contributed by atoms with E-state index < -0.39 is 13.9 Å². The van der Waals surface area contributed by atoms with Gasteiger partial charge in [-0.25, -0.2) is 0 Å². The largest absolute Gasteiger partial charge is 0.412 e. The zero-order chi connectivity index (χ0) is 23.7. The number of hydrogen-bond acceptors (Lipinski definition) is 3. The predicted molar refractivity (Wildman–Crippen MR) is 136 cm³/mol. The molecule has 0 unspecified atom stereocenters. The highest BCUT2D eigenvalue weighted by atomic mass is 28.4. The molecule has 180 valence electrons. The average Bonchev–Trinajstić information content (AvgIpc) is 3.16. The fourth-order valence-electron chi connectivity index (χ4n) is 7.21. The minimum atomic E-state index is -1.92. The Morgan fingerprint density at radius 3 is 2.25 bits per heavy atom. The maximum absolute atomic E-state index is 12.4. The first kappa shape index (κ1) is 24.4.